The van der Waals surface area contributed by atoms with Crippen molar-refractivity contribution >= 4 is 53.2 Å². The van der Waals surface area contributed by atoms with E-state index in [0.717, 1.165) is 4.90 Å². The van der Waals surface area contributed by atoms with Crippen molar-refractivity contribution in [1.29, 1.82) is 0 Å². The fourth-order valence-corrected chi connectivity index (χ4v) is 4.82. The average Bonchev–Trinajstić information content (AvgIpc) is 3.50. The summed E-state index contributed by atoms with van der Waals surface area (Å²) in [5, 5.41) is 30.8. The van der Waals surface area contributed by atoms with Gasteiger partial charge < -0.3 is 58.9 Å². The molecule has 0 radical (unpaired) electrons. The van der Waals surface area contributed by atoms with Crippen molar-refractivity contribution in [2.45, 2.75) is 95.5 Å². The summed E-state index contributed by atoms with van der Waals surface area (Å²) in [6.45, 7) is 3.49. The maximum Gasteiger partial charge on any atom is 0.326 e. The standard InChI is InChI=1S/C28H47N9O11/c1-13(2)9-16(24(43)33-15(6-7-20(30)39)27(46)37-8-4-5-19(37)28(47)48)34-25(44)17(10-21(31)40)35-26(45)18(12-38)36-23(42)14(3)32-22(41)11-29/h13-19,38H,4-12,29H2,1-3H3,(H2,30,39)(H2,31,40)(H,32,41)(H,33,43)(H,34,44)(H,35,45)(H,36,42)(H,47,48)/t14-,15-,16-,17-,18-,19-/m0/s1. The molecule has 1 heterocycles. The third kappa shape index (κ3) is 13.5. The number of amides is 8. The van der Waals surface area contributed by atoms with Gasteiger partial charge in [0.25, 0.3) is 0 Å². The smallest absolute Gasteiger partial charge is 0.326 e. The van der Waals surface area contributed by atoms with E-state index in [1.807, 2.05) is 0 Å². The van der Waals surface area contributed by atoms with Crippen LogP contribution in [0.15, 0.2) is 0 Å². The summed E-state index contributed by atoms with van der Waals surface area (Å²) < 4.78 is 0. The number of rotatable bonds is 20. The number of carbonyl (C=O) groups excluding carboxylic acids is 8. The number of carboxylic acid groups (broad SMARTS) is 1. The lowest BCUT2D eigenvalue weighted by Gasteiger charge is -2.29. The van der Waals surface area contributed by atoms with Crippen LogP contribution in [0.1, 0.15) is 59.3 Å². The Kier molecular flexibility index (Phi) is 16.9. The average molecular weight is 686 g/mol. The highest BCUT2D eigenvalue weighted by Crippen LogP contribution is 2.20. The number of hydrogen-bond donors (Lipinski definition) is 10. The maximum absolute atomic E-state index is 13.5. The fraction of sp³-hybridized carbons (Fsp3) is 0.679. The van der Waals surface area contributed by atoms with E-state index in [1.165, 1.54) is 6.92 Å². The van der Waals surface area contributed by atoms with Gasteiger partial charge in [0.2, 0.25) is 47.3 Å². The molecule has 0 saturated carbocycles. The second-order valence-electron chi connectivity index (χ2n) is 11.8. The summed E-state index contributed by atoms with van der Waals surface area (Å²) in [6.07, 6.45) is -0.738. The minimum absolute atomic E-state index is 0.00522. The van der Waals surface area contributed by atoms with E-state index < -0.39 is 109 Å². The van der Waals surface area contributed by atoms with Crippen molar-refractivity contribution < 1.29 is 53.4 Å². The van der Waals surface area contributed by atoms with Crippen molar-refractivity contribution in [2.24, 2.45) is 23.1 Å². The highest BCUT2D eigenvalue weighted by Gasteiger charge is 2.39. The SMILES string of the molecule is CC(C)C[C@H](NC(=O)[C@H](CC(N)=O)NC(=O)[C@H](CO)NC(=O)[C@H](C)NC(=O)CN)C(=O)N[C@@H](CCC(N)=O)C(=O)N1CCC[C@H]1C(=O)O. The highest BCUT2D eigenvalue weighted by atomic mass is 16.4. The van der Waals surface area contributed by atoms with Crippen molar-refractivity contribution in [3.8, 4) is 0 Å². The normalized spacial score (nSPS) is 17.2. The number of hydrogen-bond acceptors (Lipinski definition) is 11. The number of primary amides is 2. The zero-order valence-corrected chi connectivity index (χ0v) is 27.2. The van der Waals surface area contributed by atoms with E-state index in [4.69, 9.17) is 17.2 Å². The summed E-state index contributed by atoms with van der Waals surface area (Å²) in [6, 6.07) is -8.33. The van der Waals surface area contributed by atoms with Gasteiger partial charge in [-0.3, -0.25) is 38.4 Å². The van der Waals surface area contributed by atoms with Crippen LogP contribution >= 0.6 is 0 Å². The molecule has 1 fully saturated rings. The van der Waals surface area contributed by atoms with Crippen molar-refractivity contribution in [1.82, 2.24) is 31.5 Å². The molecular formula is C28H47N9O11. The Hall–Kier alpha value is -4.85. The Labute approximate surface area is 276 Å². The molecule has 1 saturated heterocycles. The molecule has 0 aromatic heterocycles. The molecule has 20 nitrogen and oxygen atoms in total. The first-order chi connectivity index (χ1) is 22.4. The summed E-state index contributed by atoms with van der Waals surface area (Å²) in [7, 11) is 0. The largest absolute Gasteiger partial charge is 0.480 e. The van der Waals surface area contributed by atoms with Crippen LogP contribution in [-0.2, 0) is 43.2 Å². The summed E-state index contributed by atoms with van der Waals surface area (Å²) in [5.41, 5.74) is 15.7. The first-order valence-corrected chi connectivity index (χ1v) is 15.3. The molecule has 8 amide bonds. The molecule has 270 valence electrons. The van der Waals surface area contributed by atoms with Gasteiger partial charge in [0, 0.05) is 13.0 Å². The summed E-state index contributed by atoms with van der Waals surface area (Å²) in [4.78, 5) is 113. The number of aliphatic carboxylic acids is 1. The van der Waals surface area contributed by atoms with E-state index in [9.17, 15) is 53.4 Å². The summed E-state index contributed by atoms with van der Waals surface area (Å²) >= 11 is 0. The van der Waals surface area contributed by atoms with E-state index in [0.29, 0.717) is 6.42 Å². The monoisotopic (exact) mass is 685 g/mol. The number of nitrogens with zero attached hydrogens (tertiary/aromatic N) is 1. The lowest BCUT2D eigenvalue weighted by Crippen LogP contribution is -2.60. The number of likely N-dealkylation sites (tertiary alicyclic amines) is 1. The number of carbonyl (C=O) groups is 9. The number of carboxylic acids is 1. The minimum Gasteiger partial charge on any atom is -0.480 e. The van der Waals surface area contributed by atoms with Crippen LogP contribution in [0.5, 0.6) is 0 Å². The van der Waals surface area contributed by atoms with Crippen molar-refractivity contribution in [3.63, 3.8) is 0 Å². The lowest BCUT2D eigenvalue weighted by atomic mass is 10.0. The number of aliphatic hydroxyl groups is 1. The molecule has 13 N–H and O–H groups in total. The van der Waals surface area contributed by atoms with Crippen LogP contribution in [0.25, 0.3) is 0 Å². The molecule has 1 aliphatic rings. The predicted octanol–water partition coefficient (Wildman–Crippen LogP) is -5.36. The molecular weight excluding hydrogens is 638 g/mol. The zero-order chi connectivity index (χ0) is 36.7. The first kappa shape index (κ1) is 41.2. The van der Waals surface area contributed by atoms with E-state index >= 15 is 0 Å². The van der Waals surface area contributed by atoms with E-state index in [-0.39, 0.29) is 38.1 Å². The van der Waals surface area contributed by atoms with Gasteiger partial charge in [-0.1, -0.05) is 13.8 Å². The molecule has 6 atom stereocenters. The Balaban J connectivity index is 3.18. The minimum atomic E-state index is -1.69. The Morgan fingerprint density at radius 3 is 1.83 bits per heavy atom. The topological polar surface area (TPSA) is 336 Å². The molecule has 1 rings (SSSR count). The van der Waals surface area contributed by atoms with Gasteiger partial charge in [0.05, 0.1) is 19.6 Å². The van der Waals surface area contributed by atoms with Crippen LogP contribution in [-0.4, -0.2) is 124 Å². The van der Waals surface area contributed by atoms with Gasteiger partial charge >= 0.3 is 5.97 Å². The molecule has 0 bridgehead atoms. The molecule has 0 aliphatic carbocycles. The Bertz CT molecular complexity index is 1230. The lowest BCUT2D eigenvalue weighted by molar-refractivity contribution is -0.149. The number of nitrogens with one attached hydrogen (secondary N) is 5. The molecule has 1 aliphatic heterocycles. The van der Waals surface area contributed by atoms with Gasteiger partial charge in [-0.25, -0.2) is 4.79 Å². The molecule has 48 heavy (non-hydrogen) atoms. The van der Waals surface area contributed by atoms with Gasteiger partial charge in [0.15, 0.2) is 0 Å². The number of nitrogens with two attached hydrogens (primary N) is 3. The van der Waals surface area contributed by atoms with Crippen LogP contribution in [0.4, 0.5) is 0 Å². The molecule has 20 heteroatoms. The zero-order valence-electron chi connectivity index (χ0n) is 27.2. The predicted molar refractivity (Wildman–Crippen MR) is 166 cm³/mol. The van der Waals surface area contributed by atoms with Gasteiger partial charge in [-0.05, 0) is 38.5 Å². The molecule has 0 unspecified atom stereocenters. The van der Waals surface area contributed by atoms with E-state index in [2.05, 4.69) is 26.6 Å². The van der Waals surface area contributed by atoms with Crippen LogP contribution in [0.3, 0.4) is 0 Å². The van der Waals surface area contributed by atoms with Crippen molar-refractivity contribution in [2.75, 3.05) is 19.7 Å². The van der Waals surface area contributed by atoms with Gasteiger partial charge in [-0.15, -0.1) is 0 Å². The van der Waals surface area contributed by atoms with Crippen molar-refractivity contribution in [3.05, 3.63) is 0 Å². The molecule has 0 aromatic carbocycles. The van der Waals surface area contributed by atoms with E-state index in [1.54, 1.807) is 13.8 Å². The quantitative estimate of drug-likeness (QED) is 0.0574. The van der Waals surface area contributed by atoms with Crippen LogP contribution in [0, 0.1) is 5.92 Å². The number of aliphatic hydroxyl groups excluding tert-OH is 1. The fourth-order valence-electron chi connectivity index (χ4n) is 4.82. The van der Waals surface area contributed by atoms with Crippen LogP contribution in [0.2, 0.25) is 0 Å². The molecule has 0 aromatic rings. The highest BCUT2D eigenvalue weighted by molar-refractivity contribution is 5.98. The van der Waals surface area contributed by atoms with Gasteiger partial charge in [-0.2, -0.15) is 0 Å². The second kappa shape index (κ2) is 19.7. The second-order valence-corrected chi connectivity index (χ2v) is 11.8. The Morgan fingerprint density at radius 1 is 0.771 bits per heavy atom. The van der Waals surface area contributed by atoms with Crippen LogP contribution < -0.4 is 43.8 Å². The maximum atomic E-state index is 13.5. The third-order valence-corrected chi connectivity index (χ3v) is 7.27. The molecule has 0 spiro atoms. The van der Waals surface area contributed by atoms with Gasteiger partial charge in [0.1, 0.15) is 36.3 Å². The Morgan fingerprint density at radius 2 is 1.31 bits per heavy atom. The third-order valence-electron chi connectivity index (χ3n) is 7.27. The summed E-state index contributed by atoms with van der Waals surface area (Å²) in [5.74, 6) is -8.60. The first-order valence-electron chi connectivity index (χ1n) is 15.3.